The van der Waals surface area contributed by atoms with E-state index in [0.717, 1.165) is 12.0 Å². The van der Waals surface area contributed by atoms with E-state index in [4.69, 9.17) is 0 Å². The van der Waals surface area contributed by atoms with Crippen LogP contribution in [0.15, 0.2) is 42.5 Å². The minimum atomic E-state index is -0.834. The molecule has 0 bridgehead atoms. The van der Waals surface area contributed by atoms with Gasteiger partial charge in [-0.3, -0.25) is 0 Å². The molecule has 0 aliphatic heterocycles. The van der Waals surface area contributed by atoms with Crippen LogP contribution in [0.5, 0.6) is 0 Å². The molecule has 25 heavy (non-hydrogen) atoms. The lowest BCUT2D eigenvalue weighted by Crippen LogP contribution is -2.22. The van der Waals surface area contributed by atoms with Crippen molar-refractivity contribution in [3.63, 3.8) is 0 Å². The predicted octanol–water partition coefficient (Wildman–Crippen LogP) is 6.35. The first-order chi connectivity index (χ1) is 11.7. The molecule has 2 rings (SSSR count). The van der Waals surface area contributed by atoms with Crippen molar-refractivity contribution in [2.45, 2.75) is 65.2 Å². The molecule has 0 saturated heterocycles. The van der Waals surface area contributed by atoms with Crippen molar-refractivity contribution in [3.05, 3.63) is 70.3 Å². The third-order valence-corrected chi connectivity index (χ3v) is 5.13. The van der Waals surface area contributed by atoms with E-state index >= 15 is 0 Å². The van der Waals surface area contributed by atoms with Crippen LogP contribution in [0.3, 0.4) is 0 Å². The maximum atomic E-state index is 11.9. The van der Waals surface area contributed by atoms with E-state index in [-0.39, 0.29) is 17.3 Å². The number of carbonyl (C=O) groups is 1. The SMILES string of the molecule is CCC(C)c1c(C(=O)O)ccc(C(C)c2ccccc2)c1C(C)(C)C. The van der Waals surface area contributed by atoms with Crippen LogP contribution in [0, 0.1) is 0 Å². The summed E-state index contributed by atoms with van der Waals surface area (Å²) in [6.45, 7) is 13.0. The molecule has 134 valence electrons. The molecule has 0 radical (unpaired) electrons. The fourth-order valence-corrected chi connectivity index (χ4v) is 3.66. The van der Waals surface area contributed by atoms with Gasteiger partial charge in [-0.25, -0.2) is 4.79 Å². The highest BCUT2D eigenvalue weighted by Crippen LogP contribution is 2.41. The van der Waals surface area contributed by atoms with Crippen LogP contribution in [0.25, 0.3) is 0 Å². The van der Waals surface area contributed by atoms with Crippen LogP contribution in [0.1, 0.15) is 92.4 Å². The van der Waals surface area contributed by atoms with Crippen LogP contribution < -0.4 is 0 Å². The molecule has 0 saturated carbocycles. The summed E-state index contributed by atoms with van der Waals surface area (Å²) in [6, 6.07) is 14.3. The Morgan fingerprint density at radius 1 is 1.04 bits per heavy atom. The number of hydrogen-bond acceptors (Lipinski definition) is 1. The van der Waals surface area contributed by atoms with Gasteiger partial charge in [0.15, 0.2) is 0 Å². The molecule has 0 spiro atoms. The molecule has 2 aromatic rings. The van der Waals surface area contributed by atoms with Crippen molar-refractivity contribution >= 4 is 5.97 Å². The first-order valence-electron chi connectivity index (χ1n) is 9.14. The molecule has 1 N–H and O–H groups in total. The van der Waals surface area contributed by atoms with Crippen LogP contribution in [-0.2, 0) is 5.41 Å². The summed E-state index contributed by atoms with van der Waals surface area (Å²) < 4.78 is 0. The van der Waals surface area contributed by atoms with E-state index in [1.165, 1.54) is 16.7 Å². The standard InChI is InChI=1S/C23H30O2/c1-7-15(2)20-19(22(24)25)14-13-18(21(20)23(4,5)6)16(3)17-11-9-8-10-12-17/h8-16H,7H2,1-6H3,(H,24,25). The topological polar surface area (TPSA) is 37.3 Å². The van der Waals surface area contributed by atoms with Gasteiger partial charge in [-0.15, -0.1) is 0 Å². The molecule has 2 unspecified atom stereocenters. The lowest BCUT2D eigenvalue weighted by atomic mass is 9.72. The molecule has 0 fully saturated rings. The molecule has 0 amide bonds. The highest BCUT2D eigenvalue weighted by atomic mass is 16.4. The number of hydrogen-bond donors (Lipinski definition) is 1. The highest BCUT2D eigenvalue weighted by molar-refractivity contribution is 5.90. The Kier molecular flexibility index (Phi) is 5.72. The van der Waals surface area contributed by atoms with Crippen molar-refractivity contribution in [3.8, 4) is 0 Å². The van der Waals surface area contributed by atoms with Crippen LogP contribution in [-0.4, -0.2) is 11.1 Å². The van der Waals surface area contributed by atoms with Gasteiger partial charge in [0.05, 0.1) is 5.56 Å². The number of rotatable bonds is 5. The third kappa shape index (κ3) is 3.95. The minimum Gasteiger partial charge on any atom is -0.478 e. The molecule has 0 heterocycles. The fourth-order valence-electron chi connectivity index (χ4n) is 3.66. The van der Waals surface area contributed by atoms with E-state index in [1.807, 2.05) is 12.1 Å². The number of aromatic carboxylic acids is 1. The zero-order valence-corrected chi connectivity index (χ0v) is 16.3. The van der Waals surface area contributed by atoms with Gasteiger partial charge in [-0.1, -0.05) is 77.9 Å². The number of benzene rings is 2. The summed E-state index contributed by atoms with van der Waals surface area (Å²) in [5.74, 6) is -0.399. The van der Waals surface area contributed by atoms with Gasteiger partial charge in [0, 0.05) is 5.92 Å². The molecule has 2 nitrogen and oxygen atoms in total. The lowest BCUT2D eigenvalue weighted by Gasteiger charge is -2.32. The van der Waals surface area contributed by atoms with E-state index in [1.54, 1.807) is 6.07 Å². The van der Waals surface area contributed by atoms with E-state index in [0.29, 0.717) is 5.56 Å². The molecule has 0 aromatic heterocycles. The van der Waals surface area contributed by atoms with Gasteiger partial charge < -0.3 is 5.11 Å². The van der Waals surface area contributed by atoms with Crippen molar-refractivity contribution in [1.82, 2.24) is 0 Å². The molecule has 2 atom stereocenters. The van der Waals surface area contributed by atoms with Gasteiger partial charge in [-0.2, -0.15) is 0 Å². The second-order valence-electron chi connectivity index (χ2n) is 7.99. The molecule has 2 heteroatoms. The molecular formula is C23H30O2. The monoisotopic (exact) mass is 338 g/mol. The van der Waals surface area contributed by atoms with Crippen LogP contribution >= 0.6 is 0 Å². The quantitative estimate of drug-likeness (QED) is 0.690. The summed E-state index contributed by atoms with van der Waals surface area (Å²) in [7, 11) is 0. The van der Waals surface area contributed by atoms with Gasteiger partial charge in [-0.05, 0) is 46.1 Å². The first kappa shape index (κ1) is 19.2. The average Bonchev–Trinajstić information content (AvgIpc) is 2.58. The largest absolute Gasteiger partial charge is 0.478 e. The Morgan fingerprint density at radius 3 is 2.12 bits per heavy atom. The fraction of sp³-hybridized carbons (Fsp3) is 0.435. The van der Waals surface area contributed by atoms with Gasteiger partial charge in [0.25, 0.3) is 0 Å². The summed E-state index contributed by atoms with van der Waals surface area (Å²) >= 11 is 0. The Morgan fingerprint density at radius 2 is 1.64 bits per heavy atom. The molecular weight excluding hydrogens is 308 g/mol. The Labute approximate surface area is 151 Å². The van der Waals surface area contributed by atoms with Gasteiger partial charge in [0.2, 0.25) is 0 Å². The second-order valence-corrected chi connectivity index (χ2v) is 7.99. The minimum absolute atomic E-state index is 0.122. The van der Waals surface area contributed by atoms with Crippen molar-refractivity contribution in [1.29, 1.82) is 0 Å². The van der Waals surface area contributed by atoms with Crippen molar-refractivity contribution in [2.75, 3.05) is 0 Å². The van der Waals surface area contributed by atoms with Gasteiger partial charge >= 0.3 is 5.97 Å². The Balaban J connectivity index is 2.79. The zero-order chi connectivity index (χ0) is 18.8. The molecule has 0 aliphatic rings. The van der Waals surface area contributed by atoms with Crippen molar-refractivity contribution < 1.29 is 9.90 Å². The Bertz CT molecular complexity index is 739. The summed E-state index contributed by atoms with van der Waals surface area (Å²) in [5.41, 5.74) is 5.01. The highest BCUT2D eigenvalue weighted by Gasteiger charge is 2.30. The maximum absolute atomic E-state index is 11.9. The zero-order valence-electron chi connectivity index (χ0n) is 16.3. The smallest absolute Gasteiger partial charge is 0.335 e. The maximum Gasteiger partial charge on any atom is 0.335 e. The Hall–Kier alpha value is -2.09. The molecule has 0 aliphatic carbocycles. The van der Waals surface area contributed by atoms with E-state index in [9.17, 15) is 9.90 Å². The average molecular weight is 338 g/mol. The van der Waals surface area contributed by atoms with Crippen molar-refractivity contribution in [2.24, 2.45) is 0 Å². The third-order valence-electron chi connectivity index (χ3n) is 5.13. The number of carboxylic acid groups (broad SMARTS) is 1. The normalized spacial score (nSPS) is 14.2. The van der Waals surface area contributed by atoms with E-state index in [2.05, 4.69) is 65.8 Å². The number of carboxylic acids is 1. The summed E-state index contributed by atoms with van der Waals surface area (Å²) in [4.78, 5) is 11.9. The summed E-state index contributed by atoms with van der Waals surface area (Å²) in [5, 5.41) is 9.75. The van der Waals surface area contributed by atoms with Crippen LogP contribution in [0.2, 0.25) is 0 Å². The second kappa shape index (κ2) is 7.43. The van der Waals surface area contributed by atoms with E-state index < -0.39 is 5.97 Å². The van der Waals surface area contributed by atoms with Gasteiger partial charge in [0.1, 0.15) is 0 Å². The first-order valence-corrected chi connectivity index (χ1v) is 9.14. The van der Waals surface area contributed by atoms with Crippen LogP contribution in [0.4, 0.5) is 0 Å². The summed E-state index contributed by atoms with van der Waals surface area (Å²) in [6.07, 6.45) is 0.923. The molecule has 2 aromatic carbocycles. The predicted molar refractivity (Wildman–Crippen MR) is 105 cm³/mol. The lowest BCUT2D eigenvalue weighted by molar-refractivity contribution is 0.0695.